The molecule has 2 amide bonds. The fourth-order valence-corrected chi connectivity index (χ4v) is 12.2. The number of allylic oxidation sites excluding steroid dienone is 5. The average molecular weight is 1170 g/mol. The molecule has 2 aromatic heterocycles. The molecule has 7 heterocycles. The lowest BCUT2D eigenvalue weighted by Gasteiger charge is -2.42. The van der Waals surface area contributed by atoms with Gasteiger partial charge in [0.2, 0.25) is 12.3 Å². The largest absolute Gasteiger partial charge is 0.508 e. The maximum atomic E-state index is 17.0. The third-order valence-corrected chi connectivity index (χ3v) is 16.8. The Morgan fingerprint density at radius 3 is 2.45 bits per heavy atom. The Morgan fingerprint density at radius 1 is 1.05 bits per heavy atom. The average Bonchev–Trinajstić information content (AvgIpc) is 3.66. The van der Waals surface area contributed by atoms with Crippen LogP contribution in [-0.2, 0) is 27.2 Å². The fourth-order valence-electron chi connectivity index (χ4n) is 11.3. The van der Waals surface area contributed by atoms with Gasteiger partial charge < -0.3 is 50.0 Å². The molecule has 20 heteroatoms. The van der Waals surface area contributed by atoms with Crippen molar-refractivity contribution in [1.29, 1.82) is 0 Å². The predicted octanol–water partition coefficient (Wildman–Crippen LogP) is 7.78. The van der Waals surface area contributed by atoms with Crippen molar-refractivity contribution in [3.63, 3.8) is 0 Å². The second kappa shape index (κ2) is 33.1. The van der Waals surface area contributed by atoms with E-state index in [2.05, 4.69) is 83.5 Å². The molecule has 4 atom stereocenters. The number of carbonyl (C=O) groups is 2. The van der Waals surface area contributed by atoms with Gasteiger partial charge in [0, 0.05) is 89.6 Å². The van der Waals surface area contributed by atoms with E-state index in [0.29, 0.717) is 86.3 Å². The molecule has 84 heavy (non-hydrogen) atoms. The molecule has 4 aromatic rings. The van der Waals surface area contributed by atoms with E-state index < -0.39 is 5.83 Å². The molecular weight excluding hydrogens is 1090 g/mol. The summed E-state index contributed by atoms with van der Waals surface area (Å²) in [6.45, 7) is 23.7. The number of ether oxygens (including phenoxy) is 2. The summed E-state index contributed by atoms with van der Waals surface area (Å²) >= 11 is 1.61. The van der Waals surface area contributed by atoms with E-state index in [9.17, 15) is 14.7 Å². The van der Waals surface area contributed by atoms with Gasteiger partial charge in [0.1, 0.15) is 41.6 Å². The second-order valence-electron chi connectivity index (χ2n) is 22.0. The molecule has 4 unspecified atom stereocenters. The quantitative estimate of drug-likeness (QED) is 0.0186. The number of likely N-dealkylation sites (tertiary alicyclic amines) is 3. The zero-order chi connectivity index (χ0) is 60.0. The number of aliphatic imine (C=N–C) groups is 3. The number of piperidine rings is 1. The van der Waals surface area contributed by atoms with Crippen molar-refractivity contribution in [2.75, 3.05) is 79.4 Å². The molecular formula is C64H88FN11O7S. The van der Waals surface area contributed by atoms with Crippen molar-refractivity contribution in [3.8, 4) is 16.3 Å². The minimum absolute atomic E-state index is 0.00495. The van der Waals surface area contributed by atoms with Crippen molar-refractivity contribution in [3.05, 3.63) is 122 Å². The first kappa shape index (κ1) is 64.9. The lowest BCUT2D eigenvalue weighted by Crippen LogP contribution is -2.55. The summed E-state index contributed by atoms with van der Waals surface area (Å²) in [4.78, 5) is 51.0. The van der Waals surface area contributed by atoms with Crippen molar-refractivity contribution in [1.82, 2.24) is 40.8 Å². The van der Waals surface area contributed by atoms with Crippen LogP contribution in [0.15, 0.2) is 108 Å². The number of nitrogens with zero attached hydrogens (tertiary/aromatic N) is 8. The minimum atomic E-state index is -0.561. The zero-order valence-corrected chi connectivity index (χ0v) is 51.0. The number of benzene rings is 2. The number of hydrogen-bond acceptors (Lipinski definition) is 17. The Balaban J connectivity index is 0.00000196. The topological polar surface area (TPSA) is 215 Å². The van der Waals surface area contributed by atoms with Gasteiger partial charge in [-0.3, -0.25) is 24.5 Å². The van der Waals surface area contributed by atoms with Crippen LogP contribution >= 0.6 is 11.3 Å². The van der Waals surface area contributed by atoms with E-state index in [1.165, 1.54) is 6.42 Å². The number of carbonyl (C=O) groups excluding carboxylic acids is 2. The zero-order valence-electron chi connectivity index (χ0n) is 50.2. The van der Waals surface area contributed by atoms with Crippen molar-refractivity contribution in [2.45, 2.75) is 124 Å². The number of hydrogen-bond donors (Lipinski definition) is 5. The van der Waals surface area contributed by atoms with Crippen LogP contribution in [0.2, 0.25) is 0 Å². The molecule has 454 valence electrons. The number of rotatable bonds is 25. The van der Waals surface area contributed by atoms with Crippen LogP contribution in [0, 0.1) is 18.8 Å². The SMILES string of the molecule is C=N/C(=C1C=NC(\C=c2/c(CC)ccc/c2=C/C(O)=C\C)=C(F)C/1=N/COCCN1CCC(CN2CC(Oc3cc(CC(CCCNC=O)C(=O)NC(C)c4ccc(-c5scnc5C)cc4)on3)C2)CC1)N1CC2CCC(C1)N2.CCC.CO. The number of nitrogens with one attached hydrogen (secondary N) is 3. The summed E-state index contributed by atoms with van der Waals surface area (Å²) in [7, 11) is 1.00. The smallest absolute Gasteiger partial charge is 0.254 e. The highest BCUT2D eigenvalue weighted by molar-refractivity contribution is 7.13. The van der Waals surface area contributed by atoms with Crippen LogP contribution in [0.1, 0.15) is 108 Å². The molecule has 4 fully saturated rings. The Morgan fingerprint density at radius 2 is 1.79 bits per heavy atom. The lowest BCUT2D eigenvalue weighted by atomic mass is 9.94. The van der Waals surface area contributed by atoms with E-state index in [0.717, 1.165) is 123 Å². The van der Waals surface area contributed by atoms with Gasteiger partial charge in [0.05, 0.1) is 34.3 Å². The third-order valence-electron chi connectivity index (χ3n) is 15.8. The van der Waals surface area contributed by atoms with Gasteiger partial charge in [-0.15, -0.1) is 11.3 Å². The van der Waals surface area contributed by atoms with Gasteiger partial charge in [-0.05, 0) is 142 Å². The van der Waals surface area contributed by atoms with E-state index in [1.54, 1.807) is 48.8 Å². The molecule has 0 saturated carbocycles. The number of piperazine rings is 1. The number of thiazole rings is 1. The second-order valence-corrected chi connectivity index (χ2v) is 22.9. The summed E-state index contributed by atoms with van der Waals surface area (Å²) in [5.74, 6) is 1.23. The summed E-state index contributed by atoms with van der Waals surface area (Å²) in [5.41, 5.74) is 6.72. The molecule has 2 bridgehead atoms. The molecule has 0 radical (unpaired) electrons. The maximum Gasteiger partial charge on any atom is 0.254 e. The van der Waals surface area contributed by atoms with Gasteiger partial charge >= 0.3 is 0 Å². The number of halogens is 1. The fraction of sp³-hybridized carbons (Fsp3) is 0.516. The highest BCUT2D eigenvalue weighted by Crippen LogP contribution is 2.31. The number of aliphatic hydroxyl groups is 2. The summed E-state index contributed by atoms with van der Waals surface area (Å²) in [5, 5.41) is 32.7. The standard InChI is InChI=1S/C60H76FN11O6S.C3H8.CH4O/c1-6-42-10-8-11-45(26-49(74)7-2)52(42)29-54-56(61)57(53(30-64-54)59(62-5)72-32-47-17-18-48(33-72)68-47)65-37-76-25-24-70-22-19-41(20-23-70)31-71-34-51(35-71)77-55-28-50(78-69-55)27-46(12-9-21-63-36-73)60(75)67-39(3)43-13-15-44(16-14-43)58-40(4)66-38-79-58;1-3-2;1-2/h7-8,10-11,13-16,26,28-30,36,38-39,41,46-48,51,68,74H,5-6,9,12,17-25,27,31-35,37H2,1-4H3,(H,63,73)(H,67,75);3H2,1-2H3;2H,1H3/b45-26-,49-7+,52-29+,59-53+,65-57+;;. The van der Waals surface area contributed by atoms with Crippen LogP contribution in [0.3, 0.4) is 0 Å². The molecule has 4 saturated heterocycles. The first-order valence-electron chi connectivity index (χ1n) is 29.8. The van der Waals surface area contributed by atoms with Gasteiger partial charge in [-0.2, -0.15) is 0 Å². The molecule has 9 rings (SSSR count). The Kier molecular flexibility index (Phi) is 25.6. The van der Waals surface area contributed by atoms with Gasteiger partial charge in [0.25, 0.3) is 5.88 Å². The van der Waals surface area contributed by atoms with Crippen LogP contribution in [0.4, 0.5) is 4.39 Å². The number of aromatic nitrogens is 2. The highest BCUT2D eigenvalue weighted by atomic mass is 32.1. The van der Waals surface area contributed by atoms with Crippen molar-refractivity contribution < 1.29 is 38.2 Å². The first-order valence-corrected chi connectivity index (χ1v) is 30.7. The molecule has 0 spiro atoms. The maximum absolute atomic E-state index is 17.0. The van der Waals surface area contributed by atoms with E-state index in [1.807, 2.05) is 56.6 Å². The van der Waals surface area contributed by atoms with Gasteiger partial charge in [-0.25, -0.2) is 14.4 Å². The van der Waals surface area contributed by atoms with Gasteiger partial charge in [0.15, 0.2) is 5.83 Å². The first-order chi connectivity index (χ1) is 40.9. The molecule has 5 aliphatic heterocycles. The van der Waals surface area contributed by atoms with Crippen LogP contribution < -0.4 is 31.1 Å². The van der Waals surface area contributed by atoms with E-state index in [-0.39, 0.29) is 47.9 Å². The summed E-state index contributed by atoms with van der Waals surface area (Å²) in [6, 6.07) is 16.3. The third kappa shape index (κ3) is 17.9. The van der Waals surface area contributed by atoms with Crippen LogP contribution in [0.5, 0.6) is 5.88 Å². The van der Waals surface area contributed by atoms with E-state index >= 15 is 4.39 Å². The monoisotopic (exact) mass is 1170 g/mol. The molecule has 0 aliphatic carbocycles. The molecule has 5 aliphatic rings. The lowest BCUT2D eigenvalue weighted by molar-refractivity contribution is -0.126. The number of fused-ring (bicyclic) bond motifs is 2. The summed E-state index contributed by atoms with van der Waals surface area (Å²) in [6.07, 6.45) is 15.2. The Bertz CT molecular complexity index is 3060. The van der Waals surface area contributed by atoms with Gasteiger partial charge in [-0.1, -0.05) is 69.7 Å². The molecule has 2 aromatic carbocycles. The number of amides is 2. The van der Waals surface area contributed by atoms with Crippen LogP contribution in [0.25, 0.3) is 22.6 Å². The molecule has 5 N–H and O–H groups in total. The number of aryl methyl sites for hydroxylation is 2. The highest BCUT2D eigenvalue weighted by Gasteiger charge is 2.36. The summed E-state index contributed by atoms with van der Waals surface area (Å²) < 4.78 is 35.0. The Labute approximate surface area is 499 Å². The van der Waals surface area contributed by atoms with Crippen molar-refractivity contribution >= 4 is 54.4 Å². The number of aliphatic hydroxyl groups excluding tert-OH is 2. The normalized spacial score (nSPS) is 20.8. The predicted molar refractivity (Wildman–Crippen MR) is 333 cm³/mol. The van der Waals surface area contributed by atoms with Crippen molar-refractivity contribution in [2.24, 2.45) is 26.8 Å². The Hall–Kier alpha value is -6.68. The van der Waals surface area contributed by atoms with E-state index in [4.69, 9.17) is 24.1 Å². The molecule has 18 nitrogen and oxygen atoms in total. The minimum Gasteiger partial charge on any atom is -0.508 e. The van der Waals surface area contributed by atoms with Crippen LogP contribution in [-0.4, -0.2) is 164 Å².